The normalized spacial score (nSPS) is 19.8. The molecule has 1 aliphatic carbocycles. The fraction of sp³-hybridized carbons (Fsp3) is 0.923. The third kappa shape index (κ3) is 4.97. The SMILES string of the molecule is CC(C)(C)CCC(=O)NCC1(O)CCCC1. The molecule has 0 unspecified atom stereocenters. The summed E-state index contributed by atoms with van der Waals surface area (Å²) in [6, 6.07) is 0. The van der Waals surface area contributed by atoms with E-state index in [2.05, 4.69) is 26.1 Å². The van der Waals surface area contributed by atoms with Gasteiger partial charge < -0.3 is 10.4 Å². The Morgan fingerprint density at radius 3 is 2.38 bits per heavy atom. The van der Waals surface area contributed by atoms with Crippen LogP contribution in [-0.2, 0) is 4.79 Å². The van der Waals surface area contributed by atoms with Gasteiger partial charge in [0.1, 0.15) is 0 Å². The molecule has 0 aliphatic heterocycles. The first kappa shape index (κ1) is 13.5. The minimum absolute atomic E-state index is 0.0650. The Bertz CT molecular complexity index is 237. The molecule has 94 valence electrons. The molecule has 0 bridgehead atoms. The molecule has 0 aromatic heterocycles. The van der Waals surface area contributed by atoms with Crippen LogP contribution in [0.2, 0.25) is 0 Å². The minimum atomic E-state index is -0.628. The van der Waals surface area contributed by atoms with Crippen LogP contribution in [0.5, 0.6) is 0 Å². The topological polar surface area (TPSA) is 49.3 Å². The number of carbonyl (C=O) groups is 1. The quantitative estimate of drug-likeness (QED) is 0.774. The fourth-order valence-electron chi connectivity index (χ4n) is 2.05. The molecule has 3 nitrogen and oxygen atoms in total. The number of hydrogen-bond donors (Lipinski definition) is 2. The van der Waals surface area contributed by atoms with E-state index in [-0.39, 0.29) is 11.3 Å². The molecule has 1 rings (SSSR count). The lowest BCUT2D eigenvalue weighted by atomic mass is 9.90. The largest absolute Gasteiger partial charge is 0.388 e. The van der Waals surface area contributed by atoms with Crippen LogP contribution in [0.3, 0.4) is 0 Å². The average molecular weight is 227 g/mol. The molecule has 0 spiro atoms. The van der Waals surface area contributed by atoms with E-state index in [0.717, 1.165) is 32.1 Å². The molecule has 1 aliphatic rings. The molecule has 1 fully saturated rings. The third-order valence-corrected chi connectivity index (χ3v) is 3.25. The summed E-state index contributed by atoms with van der Waals surface area (Å²) in [4.78, 5) is 11.6. The maximum Gasteiger partial charge on any atom is 0.220 e. The van der Waals surface area contributed by atoms with Crippen molar-refractivity contribution in [2.75, 3.05) is 6.54 Å². The molecular formula is C13H25NO2. The molecule has 3 heteroatoms. The third-order valence-electron chi connectivity index (χ3n) is 3.25. The lowest BCUT2D eigenvalue weighted by Gasteiger charge is -2.23. The highest BCUT2D eigenvalue weighted by atomic mass is 16.3. The Kier molecular flexibility index (Phi) is 4.36. The smallest absolute Gasteiger partial charge is 0.220 e. The van der Waals surface area contributed by atoms with Gasteiger partial charge in [-0.2, -0.15) is 0 Å². The number of rotatable bonds is 4. The van der Waals surface area contributed by atoms with E-state index in [1.54, 1.807) is 0 Å². The van der Waals surface area contributed by atoms with E-state index in [9.17, 15) is 9.90 Å². The highest BCUT2D eigenvalue weighted by Gasteiger charge is 2.31. The molecule has 16 heavy (non-hydrogen) atoms. The standard InChI is InChI=1S/C13H25NO2/c1-12(2,3)9-6-11(15)14-10-13(16)7-4-5-8-13/h16H,4-10H2,1-3H3,(H,14,15). The predicted molar refractivity (Wildman–Crippen MR) is 65.1 cm³/mol. The van der Waals surface area contributed by atoms with Crippen molar-refractivity contribution in [1.29, 1.82) is 0 Å². The van der Waals surface area contributed by atoms with Crippen LogP contribution in [-0.4, -0.2) is 23.2 Å². The zero-order valence-corrected chi connectivity index (χ0v) is 10.8. The second-order valence-electron chi connectivity index (χ2n) is 6.27. The summed E-state index contributed by atoms with van der Waals surface area (Å²) in [6.07, 6.45) is 5.25. The Labute approximate surface area is 98.6 Å². The maximum atomic E-state index is 11.6. The summed E-state index contributed by atoms with van der Waals surface area (Å²) in [5.74, 6) is 0.0650. The van der Waals surface area contributed by atoms with Gasteiger partial charge in [-0.3, -0.25) is 4.79 Å². The van der Waals surface area contributed by atoms with E-state index in [1.165, 1.54) is 0 Å². The van der Waals surface area contributed by atoms with Crippen molar-refractivity contribution < 1.29 is 9.90 Å². The van der Waals surface area contributed by atoms with Crippen molar-refractivity contribution in [3.63, 3.8) is 0 Å². The summed E-state index contributed by atoms with van der Waals surface area (Å²) in [5, 5.41) is 12.9. The van der Waals surface area contributed by atoms with E-state index in [4.69, 9.17) is 0 Å². The molecule has 1 amide bonds. The van der Waals surface area contributed by atoms with Gasteiger partial charge in [0.05, 0.1) is 5.60 Å². The Balaban J connectivity index is 2.20. The molecule has 0 aromatic carbocycles. The van der Waals surface area contributed by atoms with Gasteiger partial charge in [0.2, 0.25) is 5.91 Å². The number of hydrogen-bond acceptors (Lipinski definition) is 2. The molecule has 0 aromatic rings. The maximum absolute atomic E-state index is 11.6. The highest BCUT2D eigenvalue weighted by molar-refractivity contribution is 5.75. The number of amides is 1. The van der Waals surface area contributed by atoms with Gasteiger partial charge in [0.25, 0.3) is 0 Å². The number of nitrogens with one attached hydrogen (secondary N) is 1. The van der Waals surface area contributed by atoms with Crippen molar-refractivity contribution in [1.82, 2.24) is 5.32 Å². The van der Waals surface area contributed by atoms with Gasteiger partial charge in [-0.25, -0.2) is 0 Å². The van der Waals surface area contributed by atoms with Gasteiger partial charge >= 0.3 is 0 Å². The monoisotopic (exact) mass is 227 g/mol. The first-order valence-corrected chi connectivity index (χ1v) is 6.30. The molecule has 0 atom stereocenters. The van der Waals surface area contributed by atoms with E-state index < -0.39 is 5.60 Å². The molecule has 0 radical (unpaired) electrons. The van der Waals surface area contributed by atoms with Crippen molar-refractivity contribution in [3.05, 3.63) is 0 Å². The summed E-state index contributed by atoms with van der Waals surface area (Å²) in [5.41, 5.74) is -0.432. The fourth-order valence-corrected chi connectivity index (χ4v) is 2.05. The van der Waals surface area contributed by atoms with Crippen molar-refractivity contribution in [2.45, 2.75) is 64.9 Å². The molecule has 0 heterocycles. The van der Waals surface area contributed by atoms with Crippen LogP contribution >= 0.6 is 0 Å². The lowest BCUT2D eigenvalue weighted by Crippen LogP contribution is -2.40. The molecule has 1 saturated carbocycles. The van der Waals surface area contributed by atoms with Crippen LogP contribution in [0.1, 0.15) is 59.3 Å². The second kappa shape index (κ2) is 5.17. The molecule has 0 saturated heterocycles. The average Bonchev–Trinajstić information content (AvgIpc) is 2.59. The Morgan fingerprint density at radius 2 is 1.88 bits per heavy atom. The van der Waals surface area contributed by atoms with Gasteiger partial charge in [0, 0.05) is 13.0 Å². The Morgan fingerprint density at radius 1 is 1.31 bits per heavy atom. The second-order valence-corrected chi connectivity index (χ2v) is 6.27. The predicted octanol–water partition coefficient (Wildman–Crippen LogP) is 2.23. The Hall–Kier alpha value is -0.570. The van der Waals surface area contributed by atoms with Crippen LogP contribution in [0.25, 0.3) is 0 Å². The van der Waals surface area contributed by atoms with E-state index >= 15 is 0 Å². The first-order chi connectivity index (χ1) is 7.31. The lowest BCUT2D eigenvalue weighted by molar-refractivity contribution is -0.122. The van der Waals surface area contributed by atoms with Gasteiger partial charge in [-0.15, -0.1) is 0 Å². The zero-order valence-electron chi connectivity index (χ0n) is 10.8. The van der Waals surface area contributed by atoms with Crippen molar-refractivity contribution in [2.24, 2.45) is 5.41 Å². The number of carbonyl (C=O) groups excluding carboxylic acids is 1. The molecule has 2 N–H and O–H groups in total. The van der Waals surface area contributed by atoms with Gasteiger partial charge in [-0.1, -0.05) is 33.6 Å². The zero-order chi connectivity index (χ0) is 12.2. The summed E-state index contributed by atoms with van der Waals surface area (Å²) in [6.45, 7) is 6.82. The van der Waals surface area contributed by atoms with Gasteiger partial charge in [-0.05, 0) is 24.7 Å². The van der Waals surface area contributed by atoms with Crippen molar-refractivity contribution >= 4 is 5.91 Å². The van der Waals surface area contributed by atoms with Gasteiger partial charge in [0.15, 0.2) is 0 Å². The summed E-state index contributed by atoms with van der Waals surface area (Å²) < 4.78 is 0. The summed E-state index contributed by atoms with van der Waals surface area (Å²) >= 11 is 0. The van der Waals surface area contributed by atoms with Crippen LogP contribution < -0.4 is 5.32 Å². The van der Waals surface area contributed by atoms with E-state index in [1.807, 2.05) is 0 Å². The number of aliphatic hydroxyl groups is 1. The first-order valence-electron chi connectivity index (χ1n) is 6.30. The minimum Gasteiger partial charge on any atom is -0.388 e. The summed E-state index contributed by atoms with van der Waals surface area (Å²) in [7, 11) is 0. The van der Waals surface area contributed by atoms with Crippen LogP contribution in [0.4, 0.5) is 0 Å². The highest BCUT2D eigenvalue weighted by Crippen LogP contribution is 2.28. The van der Waals surface area contributed by atoms with Crippen LogP contribution in [0.15, 0.2) is 0 Å². The molecular weight excluding hydrogens is 202 g/mol. The van der Waals surface area contributed by atoms with Crippen LogP contribution in [0, 0.1) is 5.41 Å². The van der Waals surface area contributed by atoms with Crippen molar-refractivity contribution in [3.8, 4) is 0 Å². The van der Waals surface area contributed by atoms with E-state index in [0.29, 0.717) is 13.0 Å².